The van der Waals surface area contributed by atoms with Crippen LogP contribution in [0.5, 0.6) is 11.5 Å². The molecule has 1 aromatic rings. The van der Waals surface area contributed by atoms with Crippen LogP contribution in [0.1, 0.15) is 44.6 Å². The van der Waals surface area contributed by atoms with Gasteiger partial charge in [-0.25, -0.2) is 0 Å². The van der Waals surface area contributed by atoms with Crippen LogP contribution in [-0.2, 0) is 6.54 Å². The first kappa shape index (κ1) is 16.1. The summed E-state index contributed by atoms with van der Waals surface area (Å²) < 4.78 is 11.7. The van der Waals surface area contributed by atoms with Crippen LogP contribution >= 0.6 is 0 Å². The molecule has 0 unspecified atom stereocenters. The number of rotatable bonds is 11. The summed E-state index contributed by atoms with van der Waals surface area (Å²) in [6.45, 7) is 4.38. The summed E-state index contributed by atoms with van der Waals surface area (Å²) in [5.74, 6) is 1.70. The average Bonchev–Trinajstić information content (AvgIpc) is 3.31. The Kier molecular flexibility index (Phi) is 6.83. The highest BCUT2D eigenvalue weighted by molar-refractivity contribution is 5.46. The van der Waals surface area contributed by atoms with E-state index < -0.39 is 0 Å². The van der Waals surface area contributed by atoms with Gasteiger partial charge in [-0.3, -0.25) is 0 Å². The lowest BCUT2D eigenvalue weighted by Crippen LogP contribution is -2.16. The largest absolute Gasteiger partial charge is 0.490 e. The van der Waals surface area contributed by atoms with Crippen molar-refractivity contribution in [2.24, 2.45) is 0 Å². The lowest BCUT2D eigenvalue weighted by atomic mass is 10.1. The Labute approximate surface area is 127 Å². The zero-order valence-electron chi connectivity index (χ0n) is 12.9. The molecule has 2 rings (SSSR count). The van der Waals surface area contributed by atoms with E-state index >= 15 is 0 Å². The summed E-state index contributed by atoms with van der Waals surface area (Å²) in [5, 5.41) is 12.3. The fraction of sp³-hybridized carbons (Fsp3) is 0.647. The van der Waals surface area contributed by atoms with E-state index in [0.29, 0.717) is 19.3 Å². The van der Waals surface area contributed by atoms with E-state index in [-0.39, 0.29) is 6.61 Å². The van der Waals surface area contributed by atoms with Gasteiger partial charge in [0.05, 0.1) is 13.2 Å². The van der Waals surface area contributed by atoms with Crippen molar-refractivity contribution in [2.45, 2.75) is 51.6 Å². The predicted molar refractivity (Wildman–Crippen MR) is 83.9 cm³/mol. The molecule has 4 heteroatoms. The van der Waals surface area contributed by atoms with E-state index in [1.165, 1.54) is 12.8 Å². The monoisotopic (exact) mass is 293 g/mol. The van der Waals surface area contributed by atoms with Gasteiger partial charge in [-0.15, -0.1) is 0 Å². The molecule has 1 saturated carbocycles. The minimum Gasteiger partial charge on any atom is -0.490 e. The van der Waals surface area contributed by atoms with E-state index in [9.17, 15) is 0 Å². The number of aliphatic hydroxyl groups excluding tert-OH is 1. The maximum Gasteiger partial charge on any atom is 0.165 e. The van der Waals surface area contributed by atoms with Crippen LogP contribution in [0, 0.1) is 0 Å². The third-order valence-electron chi connectivity index (χ3n) is 3.57. The Morgan fingerprint density at radius 2 is 2.05 bits per heavy atom. The van der Waals surface area contributed by atoms with Crippen LogP contribution in [0.4, 0.5) is 0 Å². The lowest BCUT2D eigenvalue weighted by molar-refractivity contribution is 0.253. The quantitative estimate of drug-likeness (QED) is 0.616. The summed E-state index contributed by atoms with van der Waals surface area (Å²) in [6, 6.07) is 6.76. The second-order valence-electron chi connectivity index (χ2n) is 5.47. The first-order chi connectivity index (χ1) is 10.3. The molecule has 0 spiro atoms. The van der Waals surface area contributed by atoms with Gasteiger partial charge in [0.15, 0.2) is 11.5 Å². The minimum atomic E-state index is 0.256. The Hall–Kier alpha value is -1.26. The molecule has 0 heterocycles. The molecule has 0 saturated heterocycles. The molecule has 2 N–H and O–H groups in total. The standard InChI is InChI=1S/C17H27NO3/c1-2-20-16-8-6-7-14(13-18-15-9-10-15)17(16)21-12-5-3-4-11-19/h6-8,15,18-19H,2-5,9-13H2,1H3. The van der Waals surface area contributed by atoms with Crippen LogP contribution in [-0.4, -0.2) is 31.0 Å². The number of ether oxygens (including phenoxy) is 2. The number of hydrogen-bond donors (Lipinski definition) is 2. The van der Waals surface area contributed by atoms with Gasteiger partial charge in [0.1, 0.15) is 0 Å². The normalized spacial score (nSPS) is 14.2. The Morgan fingerprint density at radius 1 is 1.19 bits per heavy atom. The Balaban J connectivity index is 1.94. The Morgan fingerprint density at radius 3 is 2.76 bits per heavy atom. The van der Waals surface area contributed by atoms with Crippen LogP contribution in [0.3, 0.4) is 0 Å². The highest BCUT2D eigenvalue weighted by atomic mass is 16.5. The van der Waals surface area contributed by atoms with E-state index in [1.807, 2.05) is 19.1 Å². The van der Waals surface area contributed by atoms with Gasteiger partial charge in [-0.1, -0.05) is 12.1 Å². The molecule has 118 valence electrons. The molecular formula is C17H27NO3. The summed E-state index contributed by atoms with van der Waals surface area (Å²) in [5.41, 5.74) is 1.16. The molecule has 21 heavy (non-hydrogen) atoms. The van der Waals surface area contributed by atoms with Crippen molar-refractivity contribution in [3.05, 3.63) is 23.8 Å². The summed E-state index contributed by atoms with van der Waals surface area (Å²) >= 11 is 0. The average molecular weight is 293 g/mol. The van der Waals surface area contributed by atoms with Crippen LogP contribution < -0.4 is 14.8 Å². The van der Waals surface area contributed by atoms with Gasteiger partial charge in [0.25, 0.3) is 0 Å². The predicted octanol–water partition coefficient (Wildman–Crippen LogP) is 2.88. The minimum absolute atomic E-state index is 0.256. The number of aliphatic hydroxyl groups is 1. The first-order valence-electron chi connectivity index (χ1n) is 8.07. The van der Waals surface area contributed by atoms with E-state index in [0.717, 1.165) is 42.9 Å². The van der Waals surface area contributed by atoms with Gasteiger partial charge in [-0.2, -0.15) is 0 Å². The Bertz CT molecular complexity index is 418. The fourth-order valence-corrected chi connectivity index (χ4v) is 2.24. The molecule has 0 aliphatic heterocycles. The van der Waals surface area contributed by atoms with Gasteiger partial charge in [0, 0.05) is 24.8 Å². The second-order valence-corrected chi connectivity index (χ2v) is 5.47. The molecule has 0 aromatic heterocycles. The number of unbranched alkanes of at least 4 members (excludes halogenated alkanes) is 2. The molecule has 1 aliphatic rings. The van der Waals surface area contributed by atoms with Crippen molar-refractivity contribution in [1.82, 2.24) is 5.32 Å². The van der Waals surface area contributed by atoms with Gasteiger partial charge < -0.3 is 19.9 Å². The summed E-state index contributed by atoms with van der Waals surface area (Å²) in [6.07, 6.45) is 5.34. The topological polar surface area (TPSA) is 50.7 Å². The van der Waals surface area contributed by atoms with Crippen molar-refractivity contribution >= 4 is 0 Å². The molecule has 1 aromatic carbocycles. The van der Waals surface area contributed by atoms with Gasteiger partial charge in [0.2, 0.25) is 0 Å². The molecule has 1 fully saturated rings. The molecule has 0 amide bonds. The van der Waals surface area contributed by atoms with Crippen LogP contribution in [0.2, 0.25) is 0 Å². The highest BCUT2D eigenvalue weighted by Gasteiger charge is 2.21. The molecular weight excluding hydrogens is 266 g/mol. The first-order valence-corrected chi connectivity index (χ1v) is 8.07. The van der Waals surface area contributed by atoms with Crippen molar-refractivity contribution in [2.75, 3.05) is 19.8 Å². The zero-order chi connectivity index (χ0) is 14.9. The van der Waals surface area contributed by atoms with Gasteiger partial charge >= 0.3 is 0 Å². The van der Waals surface area contributed by atoms with Crippen molar-refractivity contribution in [1.29, 1.82) is 0 Å². The molecule has 0 atom stereocenters. The van der Waals surface area contributed by atoms with E-state index in [1.54, 1.807) is 0 Å². The number of nitrogens with one attached hydrogen (secondary N) is 1. The second kappa shape index (κ2) is 8.90. The van der Waals surface area contributed by atoms with Crippen molar-refractivity contribution < 1.29 is 14.6 Å². The maximum atomic E-state index is 8.80. The van der Waals surface area contributed by atoms with Crippen LogP contribution in [0.25, 0.3) is 0 Å². The lowest BCUT2D eigenvalue weighted by Gasteiger charge is -2.16. The van der Waals surface area contributed by atoms with Crippen LogP contribution in [0.15, 0.2) is 18.2 Å². The molecule has 4 nitrogen and oxygen atoms in total. The number of para-hydroxylation sites is 1. The SMILES string of the molecule is CCOc1cccc(CNC2CC2)c1OCCCCCO. The highest BCUT2D eigenvalue weighted by Crippen LogP contribution is 2.32. The van der Waals surface area contributed by atoms with Crippen molar-refractivity contribution in [3.63, 3.8) is 0 Å². The molecule has 1 aliphatic carbocycles. The van der Waals surface area contributed by atoms with E-state index in [2.05, 4.69) is 11.4 Å². The van der Waals surface area contributed by atoms with E-state index in [4.69, 9.17) is 14.6 Å². The smallest absolute Gasteiger partial charge is 0.165 e. The van der Waals surface area contributed by atoms with Crippen molar-refractivity contribution in [3.8, 4) is 11.5 Å². The zero-order valence-corrected chi connectivity index (χ0v) is 12.9. The maximum absolute atomic E-state index is 8.80. The summed E-state index contributed by atoms with van der Waals surface area (Å²) in [7, 11) is 0. The molecule has 0 radical (unpaired) electrons. The molecule has 0 bridgehead atoms. The fourth-order valence-electron chi connectivity index (χ4n) is 2.24. The summed E-state index contributed by atoms with van der Waals surface area (Å²) in [4.78, 5) is 0. The number of hydrogen-bond acceptors (Lipinski definition) is 4. The third-order valence-corrected chi connectivity index (χ3v) is 3.57. The third kappa shape index (κ3) is 5.56. The van der Waals surface area contributed by atoms with Gasteiger partial charge in [-0.05, 0) is 45.1 Å². The number of benzene rings is 1.